The Morgan fingerprint density at radius 2 is 1.78 bits per heavy atom. The minimum absolute atomic E-state index is 0.0629. The van der Waals surface area contributed by atoms with Gasteiger partial charge in [0.15, 0.2) is 0 Å². The van der Waals surface area contributed by atoms with Crippen LogP contribution in [0.2, 0.25) is 0 Å². The predicted molar refractivity (Wildman–Crippen MR) is 125 cm³/mol. The number of aryl methyl sites for hydroxylation is 2. The molecule has 3 rings (SSSR count). The van der Waals surface area contributed by atoms with Gasteiger partial charge in [0.05, 0.1) is 4.90 Å². The minimum Gasteiger partial charge on any atom is -0.352 e. The lowest BCUT2D eigenvalue weighted by Crippen LogP contribution is -2.40. The Morgan fingerprint density at radius 1 is 1.06 bits per heavy atom. The standard InChI is InChI=1S/C24H31N3O4S/c1-17-5-4-14-27(16-17)23(28)12-13-25-24(29)20-7-9-21(10-8-20)26-32(30,31)22-11-6-18(2)19(3)15-22/h6-11,15,17,26H,4-5,12-14,16H2,1-3H3,(H,25,29). The smallest absolute Gasteiger partial charge is 0.261 e. The average molecular weight is 458 g/mol. The van der Waals surface area contributed by atoms with E-state index >= 15 is 0 Å². The van der Waals surface area contributed by atoms with Crippen LogP contribution in [0.4, 0.5) is 5.69 Å². The lowest BCUT2D eigenvalue weighted by atomic mass is 10.00. The van der Waals surface area contributed by atoms with Gasteiger partial charge in [-0.2, -0.15) is 0 Å². The molecule has 0 saturated carbocycles. The number of piperidine rings is 1. The Kier molecular flexibility index (Phi) is 7.56. The maximum absolute atomic E-state index is 12.6. The molecule has 1 aliphatic heterocycles. The molecule has 172 valence electrons. The normalized spacial score (nSPS) is 16.5. The highest BCUT2D eigenvalue weighted by Crippen LogP contribution is 2.19. The van der Waals surface area contributed by atoms with Crippen molar-refractivity contribution < 1.29 is 18.0 Å². The van der Waals surface area contributed by atoms with Crippen molar-refractivity contribution >= 4 is 27.5 Å². The van der Waals surface area contributed by atoms with Crippen LogP contribution in [0.3, 0.4) is 0 Å². The minimum atomic E-state index is -3.72. The van der Waals surface area contributed by atoms with Crippen molar-refractivity contribution in [3.05, 3.63) is 59.2 Å². The van der Waals surface area contributed by atoms with E-state index in [2.05, 4.69) is 17.0 Å². The highest BCUT2D eigenvalue weighted by Gasteiger charge is 2.20. The van der Waals surface area contributed by atoms with Crippen molar-refractivity contribution in [1.82, 2.24) is 10.2 Å². The Hall–Kier alpha value is -2.87. The molecule has 2 N–H and O–H groups in total. The zero-order valence-electron chi connectivity index (χ0n) is 18.8. The van der Waals surface area contributed by atoms with Crippen LogP contribution in [0.15, 0.2) is 47.4 Å². The Labute approximate surface area is 190 Å². The zero-order valence-corrected chi connectivity index (χ0v) is 19.7. The third-order valence-corrected chi connectivity index (χ3v) is 7.20. The molecule has 2 aromatic carbocycles. The number of nitrogens with zero attached hydrogens (tertiary/aromatic N) is 1. The molecular formula is C24H31N3O4S. The van der Waals surface area contributed by atoms with Gasteiger partial charge < -0.3 is 10.2 Å². The summed E-state index contributed by atoms with van der Waals surface area (Å²) < 4.78 is 27.8. The van der Waals surface area contributed by atoms with Crippen LogP contribution >= 0.6 is 0 Å². The quantitative estimate of drug-likeness (QED) is 0.665. The fourth-order valence-electron chi connectivity index (χ4n) is 3.74. The molecule has 0 aromatic heterocycles. The molecule has 1 saturated heterocycles. The number of rotatable bonds is 7. The maximum Gasteiger partial charge on any atom is 0.261 e. The maximum atomic E-state index is 12.6. The lowest BCUT2D eigenvalue weighted by molar-refractivity contribution is -0.132. The second kappa shape index (κ2) is 10.2. The summed E-state index contributed by atoms with van der Waals surface area (Å²) in [5, 5.41) is 2.76. The predicted octanol–water partition coefficient (Wildman–Crippen LogP) is 3.48. The van der Waals surface area contributed by atoms with Crippen molar-refractivity contribution in [2.75, 3.05) is 24.4 Å². The van der Waals surface area contributed by atoms with Crippen molar-refractivity contribution in [1.29, 1.82) is 0 Å². The molecule has 0 radical (unpaired) electrons. The van der Waals surface area contributed by atoms with Gasteiger partial charge >= 0.3 is 0 Å². The molecule has 2 amide bonds. The van der Waals surface area contributed by atoms with E-state index in [0.29, 0.717) is 17.2 Å². The molecule has 1 aliphatic rings. The molecular weight excluding hydrogens is 426 g/mol. The fourth-order valence-corrected chi connectivity index (χ4v) is 4.89. The van der Waals surface area contributed by atoms with Gasteiger partial charge in [-0.05, 0) is 80.1 Å². The second-order valence-corrected chi connectivity index (χ2v) is 10.2. The highest BCUT2D eigenvalue weighted by atomic mass is 32.2. The van der Waals surface area contributed by atoms with E-state index in [0.717, 1.165) is 37.1 Å². The van der Waals surface area contributed by atoms with Gasteiger partial charge in [-0.15, -0.1) is 0 Å². The number of sulfonamides is 1. The Bertz CT molecular complexity index is 1080. The number of hydrogen-bond acceptors (Lipinski definition) is 4. The average Bonchev–Trinajstić information content (AvgIpc) is 2.75. The van der Waals surface area contributed by atoms with Crippen LogP contribution in [-0.2, 0) is 14.8 Å². The summed E-state index contributed by atoms with van der Waals surface area (Å²) >= 11 is 0. The number of amides is 2. The first-order valence-electron chi connectivity index (χ1n) is 10.9. The number of likely N-dealkylation sites (tertiary alicyclic amines) is 1. The van der Waals surface area contributed by atoms with Crippen LogP contribution in [0.1, 0.15) is 47.7 Å². The molecule has 1 fully saturated rings. The van der Waals surface area contributed by atoms with E-state index in [-0.39, 0.29) is 29.7 Å². The van der Waals surface area contributed by atoms with Crippen molar-refractivity contribution in [3.63, 3.8) is 0 Å². The number of carbonyl (C=O) groups is 2. The number of carbonyl (C=O) groups excluding carboxylic acids is 2. The van der Waals surface area contributed by atoms with Gasteiger partial charge in [-0.3, -0.25) is 14.3 Å². The zero-order chi connectivity index (χ0) is 23.3. The largest absolute Gasteiger partial charge is 0.352 e. The molecule has 0 bridgehead atoms. The fraction of sp³-hybridized carbons (Fsp3) is 0.417. The number of nitrogens with one attached hydrogen (secondary N) is 2. The number of hydrogen-bond donors (Lipinski definition) is 2. The summed E-state index contributed by atoms with van der Waals surface area (Å²) in [7, 11) is -3.72. The van der Waals surface area contributed by atoms with E-state index in [1.807, 2.05) is 18.7 Å². The van der Waals surface area contributed by atoms with E-state index in [1.54, 1.807) is 42.5 Å². The Morgan fingerprint density at radius 3 is 2.44 bits per heavy atom. The molecule has 32 heavy (non-hydrogen) atoms. The van der Waals surface area contributed by atoms with Crippen molar-refractivity contribution in [2.24, 2.45) is 5.92 Å². The van der Waals surface area contributed by atoms with Crippen molar-refractivity contribution in [2.45, 2.75) is 44.9 Å². The van der Waals surface area contributed by atoms with Crippen LogP contribution in [-0.4, -0.2) is 44.8 Å². The Balaban J connectivity index is 1.52. The van der Waals surface area contributed by atoms with E-state index in [1.165, 1.54) is 0 Å². The molecule has 8 heteroatoms. The first-order valence-corrected chi connectivity index (χ1v) is 12.4. The van der Waals surface area contributed by atoms with Crippen LogP contribution in [0.5, 0.6) is 0 Å². The molecule has 1 atom stereocenters. The SMILES string of the molecule is Cc1ccc(S(=O)(=O)Nc2ccc(C(=O)NCCC(=O)N3CCCC(C)C3)cc2)cc1C. The topological polar surface area (TPSA) is 95.6 Å². The van der Waals surface area contributed by atoms with Gasteiger partial charge in [-0.25, -0.2) is 8.42 Å². The molecule has 7 nitrogen and oxygen atoms in total. The molecule has 1 heterocycles. The number of anilines is 1. The molecule has 0 spiro atoms. The molecule has 1 unspecified atom stereocenters. The first kappa shape index (κ1) is 23.8. The van der Waals surface area contributed by atoms with Gasteiger partial charge in [0.1, 0.15) is 0 Å². The van der Waals surface area contributed by atoms with Crippen LogP contribution in [0, 0.1) is 19.8 Å². The molecule has 0 aliphatic carbocycles. The highest BCUT2D eigenvalue weighted by molar-refractivity contribution is 7.92. The summed E-state index contributed by atoms with van der Waals surface area (Å²) in [6.07, 6.45) is 2.45. The van der Waals surface area contributed by atoms with Gasteiger partial charge in [-0.1, -0.05) is 13.0 Å². The number of benzene rings is 2. The lowest BCUT2D eigenvalue weighted by Gasteiger charge is -2.31. The summed E-state index contributed by atoms with van der Waals surface area (Å²) in [4.78, 5) is 26.7. The van der Waals surface area contributed by atoms with Gasteiger partial charge in [0.2, 0.25) is 5.91 Å². The van der Waals surface area contributed by atoms with E-state index in [4.69, 9.17) is 0 Å². The van der Waals surface area contributed by atoms with Crippen molar-refractivity contribution in [3.8, 4) is 0 Å². The summed E-state index contributed by atoms with van der Waals surface area (Å²) in [5.41, 5.74) is 2.69. The van der Waals surface area contributed by atoms with Crippen LogP contribution < -0.4 is 10.0 Å². The summed E-state index contributed by atoms with van der Waals surface area (Å²) in [5.74, 6) is 0.287. The van der Waals surface area contributed by atoms with E-state index in [9.17, 15) is 18.0 Å². The van der Waals surface area contributed by atoms with Gasteiger partial charge in [0, 0.05) is 37.3 Å². The van der Waals surface area contributed by atoms with Crippen LogP contribution in [0.25, 0.3) is 0 Å². The third-order valence-electron chi connectivity index (χ3n) is 5.82. The van der Waals surface area contributed by atoms with Gasteiger partial charge in [0.25, 0.3) is 15.9 Å². The molecule has 2 aromatic rings. The second-order valence-electron chi connectivity index (χ2n) is 8.52. The third kappa shape index (κ3) is 6.09. The summed E-state index contributed by atoms with van der Waals surface area (Å²) in [6, 6.07) is 11.2. The summed E-state index contributed by atoms with van der Waals surface area (Å²) in [6.45, 7) is 7.77. The van der Waals surface area contributed by atoms with E-state index < -0.39 is 10.0 Å². The monoisotopic (exact) mass is 457 g/mol. The first-order chi connectivity index (χ1) is 15.2.